The molecule has 2 aromatic rings. The van der Waals surface area contributed by atoms with Crippen molar-refractivity contribution in [1.82, 2.24) is 5.16 Å². The fourth-order valence-corrected chi connectivity index (χ4v) is 1.60. The fraction of sp³-hybridized carbons (Fsp3) is 0.250. The lowest BCUT2D eigenvalue weighted by molar-refractivity contribution is 0.392. The van der Waals surface area contributed by atoms with Gasteiger partial charge in [0.2, 0.25) is 0 Å². The Morgan fingerprint density at radius 1 is 1.17 bits per heavy atom. The Morgan fingerprint density at radius 3 is 2.50 bits per heavy atom. The summed E-state index contributed by atoms with van der Waals surface area (Å²) in [5, 5.41) is 6.42. The zero-order valence-corrected chi connectivity index (χ0v) is 9.85. The number of nitrogens with zero attached hydrogens (tertiary/aromatic N) is 1. The summed E-state index contributed by atoms with van der Waals surface area (Å²) in [7, 11) is 0. The lowest BCUT2D eigenvalue weighted by atomic mass is 10.2. The quantitative estimate of drug-likeness (QED) is 0.856. The van der Waals surface area contributed by atoms with Crippen LogP contribution in [-0.4, -0.2) is 5.16 Å². The Hall–Kier alpha value is -1.98. The zero-order chi connectivity index (χ0) is 13.3. The van der Waals surface area contributed by atoms with Crippen LogP contribution >= 0.6 is 0 Å². The summed E-state index contributed by atoms with van der Waals surface area (Å²) in [6, 6.07) is 2.01. The molecule has 0 radical (unpaired) electrons. The summed E-state index contributed by atoms with van der Waals surface area (Å²) in [5.41, 5.74) is 1.33. The predicted octanol–water partition coefficient (Wildman–Crippen LogP) is 3.32. The molecular formula is C12H11F3N2O. The molecule has 0 atom stereocenters. The molecule has 0 aliphatic carbocycles. The van der Waals surface area contributed by atoms with E-state index in [1.165, 1.54) is 0 Å². The number of nitrogens with one attached hydrogen (secondary N) is 1. The minimum Gasteiger partial charge on any atom is -0.378 e. The molecule has 96 valence electrons. The largest absolute Gasteiger partial charge is 0.378 e. The SMILES string of the molecule is Cc1noc(C)c1CNc1ccc(F)c(F)c1F. The molecule has 0 fully saturated rings. The van der Waals surface area contributed by atoms with Crippen LogP contribution in [0.2, 0.25) is 0 Å². The maximum atomic E-state index is 13.4. The van der Waals surface area contributed by atoms with Gasteiger partial charge in [0.05, 0.1) is 11.4 Å². The van der Waals surface area contributed by atoms with E-state index >= 15 is 0 Å². The molecule has 3 nitrogen and oxygen atoms in total. The number of benzene rings is 1. The summed E-state index contributed by atoms with van der Waals surface area (Å²) < 4.78 is 44.0. The molecule has 0 aliphatic heterocycles. The smallest absolute Gasteiger partial charge is 0.196 e. The lowest BCUT2D eigenvalue weighted by Gasteiger charge is -2.08. The fourth-order valence-electron chi connectivity index (χ4n) is 1.60. The van der Waals surface area contributed by atoms with Gasteiger partial charge in [-0.15, -0.1) is 0 Å². The molecule has 1 heterocycles. The van der Waals surface area contributed by atoms with Crippen LogP contribution in [0.4, 0.5) is 18.9 Å². The maximum Gasteiger partial charge on any atom is 0.196 e. The first-order valence-electron chi connectivity index (χ1n) is 5.30. The second kappa shape index (κ2) is 4.72. The molecule has 0 saturated carbocycles. The standard InChI is InChI=1S/C12H11F3N2O/c1-6-8(7(2)18-17-6)5-16-10-4-3-9(13)11(14)12(10)15/h3-4,16H,5H2,1-2H3. The Kier molecular flexibility index (Phi) is 3.27. The molecule has 1 aromatic heterocycles. The Bertz CT molecular complexity index is 561. The average molecular weight is 256 g/mol. The van der Waals surface area contributed by atoms with E-state index in [0.717, 1.165) is 17.7 Å². The first kappa shape index (κ1) is 12.5. The van der Waals surface area contributed by atoms with Crippen LogP contribution in [0.3, 0.4) is 0 Å². The number of aromatic nitrogens is 1. The Balaban J connectivity index is 2.19. The Labute approximate surface area is 102 Å². The van der Waals surface area contributed by atoms with Crippen molar-refractivity contribution in [2.75, 3.05) is 5.32 Å². The van der Waals surface area contributed by atoms with Crippen LogP contribution < -0.4 is 5.32 Å². The van der Waals surface area contributed by atoms with E-state index in [-0.39, 0.29) is 12.2 Å². The highest BCUT2D eigenvalue weighted by molar-refractivity contribution is 5.46. The molecule has 18 heavy (non-hydrogen) atoms. The minimum absolute atomic E-state index is 0.103. The van der Waals surface area contributed by atoms with Gasteiger partial charge in [-0.1, -0.05) is 5.16 Å². The van der Waals surface area contributed by atoms with E-state index in [1.54, 1.807) is 13.8 Å². The Morgan fingerprint density at radius 2 is 1.89 bits per heavy atom. The lowest BCUT2D eigenvalue weighted by Crippen LogP contribution is -2.05. The number of hydrogen-bond acceptors (Lipinski definition) is 3. The van der Waals surface area contributed by atoms with Gasteiger partial charge in [-0.2, -0.15) is 0 Å². The number of anilines is 1. The molecule has 0 amide bonds. The first-order valence-corrected chi connectivity index (χ1v) is 5.30. The van der Waals surface area contributed by atoms with E-state index in [4.69, 9.17) is 4.52 Å². The molecule has 2 rings (SSSR count). The third-order valence-corrected chi connectivity index (χ3v) is 2.67. The van der Waals surface area contributed by atoms with Crippen LogP contribution in [0.1, 0.15) is 17.0 Å². The number of halogens is 3. The van der Waals surface area contributed by atoms with Gasteiger partial charge in [-0.3, -0.25) is 0 Å². The van der Waals surface area contributed by atoms with Crippen LogP contribution in [0, 0.1) is 31.3 Å². The van der Waals surface area contributed by atoms with Gasteiger partial charge in [0, 0.05) is 12.1 Å². The molecule has 0 unspecified atom stereocenters. The zero-order valence-electron chi connectivity index (χ0n) is 9.85. The van der Waals surface area contributed by atoms with Crippen molar-refractivity contribution in [2.24, 2.45) is 0 Å². The first-order chi connectivity index (χ1) is 8.50. The van der Waals surface area contributed by atoms with E-state index in [0.29, 0.717) is 11.5 Å². The third kappa shape index (κ3) is 2.18. The summed E-state index contributed by atoms with van der Waals surface area (Å²) in [4.78, 5) is 0. The average Bonchev–Trinajstić information content (AvgIpc) is 2.66. The van der Waals surface area contributed by atoms with Gasteiger partial charge < -0.3 is 9.84 Å². The van der Waals surface area contributed by atoms with Gasteiger partial charge >= 0.3 is 0 Å². The van der Waals surface area contributed by atoms with Gasteiger partial charge in [0.25, 0.3) is 0 Å². The molecule has 0 saturated heterocycles. The monoisotopic (exact) mass is 256 g/mol. The van der Waals surface area contributed by atoms with E-state index in [9.17, 15) is 13.2 Å². The summed E-state index contributed by atoms with van der Waals surface area (Å²) in [6.07, 6.45) is 0. The van der Waals surface area contributed by atoms with Crippen LogP contribution in [-0.2, 0) is 6.54 Å². The van der Waals surface area contributed by atoms with E-state index in [1.807, 2.05) is 0 Å². The van der Waals surface area contributed by atoms with Crippen molar-refractivity contribution in [2.45, 2.75) is 20.4 Å². The van der Waals surface area contributed by atoms with Gasteiger partial charge in [0.1, 0.15) is 5.76 Å². The number of hydrogen-bond donors (Lipinski definition) is 1. The molecule has 0 spiro atoms. The summed E-state index contributed by atoms with van der Waals surface area (Å²) in [5.74, 6) is -3.33. The molecular weight excluding hydrogens is 245 g/mol. The van der Waals surface area contributed by atoms with Gasteiger partial charge in [0.15, 0.2) is 17.5 Å². The normalized spacial score (nSPS) is 10.7. The highest BCUT2D eigenvalue weighted by Crippen LogP contribution is 2.21. The van der Waals surface area contributed by atoms with Crippen molar-refractivity contribution in [3.8, 4) is 0 Å². The van der Waals surface area contributed by atoms with Crippen molar-refractivity contribution >= 4 is 5.69 Å². The number of rotatable bonds is 3. The van der Waals surface area contributed by atoms with Crippen LogP contribution in [0.5, 0.6) is 0 Å². The highest BCUT2D eigenvalue weighted by Gasteiger charge is 2.14. The minimum atomic E-state index is -1.49. The van der Waals surface area contributed by atoms with Crippen molar-refractivity contribution in [3.05, 3.63) is 46.6 Å². The second-order valence-electron chi connectivity index (χ2n) is 3.88. The third-order valence-electron chi connectivity index (χ3n) is 2.67. The van der Waals surface area contributed by atoms with Crippen LogP contribution in [0.15, 0.2) is 16.7 Å². The van der Waals surface area contributed by atoms with Gasteiger partial charge in [-0.05, 0) is 26.0 Å². The second-order valence-corrected chi connectivity index (χ2v) is 3.88. The predicted molar refractivity (Wildman–Crippen MR) is 59.6 cm³/mol. The summed E-state index contributed by atoms with van der Waals surface area (Å²) in [6.45, 7) is 3.69. The topological polar surface area (TPSA) is 38.1 Å². The van der Waals surface area contributed by atoms with Crippen molar-refractivity contribution in [1.29, 1.82) is 0 Å². The number of aryl methyl sites for hydroxylation is 2. The summed E-state index contributed by atoms with van der Waals surface area (Å²) >= 11 is 0. The molecule has 6 heteroatoms. The van der Waals surface area contributed by atoms with Crippen molar-refractivity contribution < 1.29 is 17.7 Å². The molecule has 1 N–H and O–H groups in total. The maximum absolute atomic E-state index is 13.4. The molecule has 0 bridgehead atoms. The molecule has 1 aromatic carbocycles. The van der Waals surface area contributed by atoms with E-state index < -0.39 is 17.5 Å². The highest BCUT2D eigenvalue weighted by atomic mass is 19.2. The molecule has 0 aliphatic rings. The van der Waals surface area contributed by atoms with Crippen molar-refractivity contribution in [3.63, 3.8) is 0 Å². The van der Waals surface area contributed by atoms with Crippen LogP contribution in [0.25, 0.3) is 0 Å². The van der Waals surface area contributed by atoms with Gasteiger partial charge in [-0.25, -0.2) is 13.2 Å². The van der Waals surface area contributed by atoms with E-state index in [2.05, 4.69) is 10.5 Å².